The normalized spacial score (nSPS) is 11.1. The van der Waals surface area contributed by atoms with Crippen molar-refractivity contribution in [1.29, 1.82) is 0 Å². The Bertz CT molecular complexity index is 1760. The number of hydrogen-bond acceptors (Lipinski definition) is 4. The van der Waals surface area contributed by atoms with E-state index in [1.54, 1.807) is 60.7 Å². The van der Waals surface area contributed by atoms with Crippen LogP contribution in [-0.4, -0.2) is 17.6 Å². The summed E-state index contributed by atoms with van der Waals surface area (Å²) in [5.41, 5.74) is 4.19. The second-order valence-corrected chi connectivity index (χ2v) is 9.86. The maximum absolute atomic E-state index is 13.2. The lowest BCUT2D eigenvalue weighted by molar-refractivity contribution is -0.113. The first-order chi connectivity index (χ1) is 21.5. The molecule has 0 saturated heterocycles. The number of ether oxygens (including phenoxy) is 1. The Morgan fingerprint density at radius 1 is 0.614 bits per heavy atom. The molecule has 0 atom stereocenters. The number of anilines is 1. The summed E-state index contributed by atoms with van der Waals surface area (Å²) >= 11 is 0. The summed E-state index contributed by atoms with van der Waals surface area (Å²) in [5, 5.41) is 5.53. The largest absolute Gasteiger partial charge is 0.489 e. The van der Waals surface area contributed by atoms with E-state index in [1.165, 1.54) is 6.08 Å². The van der Waals surface area contributed by atoms with Gasteiger partial charge in [-0.3, -0.25) is 14.4 Å². The third-order valence-electron chi connectivity index (χ3n) is 6.62. The molecule has 0 saturated carbocycles. The van der Waals surface area contributed by atoms with E-state index in [2.05, 4.69) is 10.6 Å². The zero-order valence-electron chi connectivity index (χ0n) is 23.9. The number of ketones is 1. The smallest absolute Gasteiger partial charge is 0.272 e. The molecule has 0 aliphatic rings. The summed E-state index contributed by atoms with van der Waals surface area (Å²) in [5.74, 6) is -0.318. The molecule has 0 radical (unpaired) electrons. The van der Waals surface area contributed by atoms with Gasteiger partial charge in [0.15, 0.2) is 5.78 Å². The molecule has 0 aliphatic heterocycles. The van der Waals surface area contributed by atoms with Gasteiger partial charge in [0.05, 0.1) is 0 Å². The molecule has 0 bridgehead atoms. The van der Waals surface area contributed by atoms with Gasteiger partial charge >= 0.3 is 0 Å². The van der Waals surface area contributed by atoms with Crippen LogP contribution < -0.4 is 15.4 Å². The summed E-state index contributed by atoms with van der Waals surface area (Å²) < 4.78 is 5.82. The van der Waals surface area contributed by atoms with Gasteiger partial charge in [-0.25, -0.2) is 0 Å². The van der Waals surface area contributed by atoms with Gasteiger partial charge in [-0.2, -0.15) is 0 Å². The third-order valence-corrected chi connectivity index (χ3v) is 6.62. The van der Waals surface area contributed by atoms with Gasteiger partial charge in [0.2, 0.25) is 0 Å². The first-order valence-electron chi connectivity index (χ1n) is 14.1. The number of rotatable bonds is 11. The first kappa shape index (κ1) is 29.5. The number of carbonyl (C=O) groups is 3. The van der Waals surface area contributed by atoms with E-state index < -0.39 is 11.8 Å². The third kappa shape index (κ3) is 8.50. The molecule has 5 aromatic rings. The van der Waals surface area contributed by atoms with Crippen molar-refractivity contribution in [3.63, 3.8) is 0 Å². The van der Waals surface area contributed by atoms with Gasteiger partial charge in [0, 0.05) is 16.8 Å². The molecule has 6 heteroatoms. The highest BCUT2D eigenvalue weighted by Gasteiger charge is 2.15. The van der Waals surface area contributed by atoms with Crippen LogP contribution in [0.2, 0.25) is 0 Å². The molecule has 216 valence electrons. The maximum Gasteiger partial charge on any atom is 0.272 e. The first-order valence-corrected chi connectivity index (χ1v) is 14.1. The van der Waals surface area contributed by atoms with Crippen LogP contribution >= 0.6 is 0 Å². The Labute approximate surface area is 256 Å². The fourth-order valence-corrected chi connectivity index (χ4v) is 4.26. The van der Waals surface area contributed by atoms with Crippen LogP contribution in [0.4, 0.5) is 5.69 Å². The van der Waals surface area contributed by atoms with E-state index in [-0.39, 0.29) is 11.5 Å². The lowest BCUT2D eigenvalue weighted by Crippen LogP contribution is -2.30. The standard InChI is InChI=1S/C38H30N2O4/c41-36(25-18-28-16-23-34(24-17-28)44-27-30-12-6-2-7-13-30)31-19-21-33(22-20-31)39-38(43)35(26-29-10-4-1-5-11-29)40-37(42)32-14-8-3-9-15-32/h1-26H,27H2,(H,39,43)(H,40,42)/b25-18+,35-26-. The molecule has 0 fully saturated rings. The van der Waals surface area contributed by atoms with Crippen molar-refractivity contribution in [2.75, 3.05) is 5.32 Å². The summed E-state index contributed by atoms with van der Waals surface area (Å²) in [7, 11) is 0. The van der Waals surface area contributed by atoms with Gasteiger partial charge in [-0.15, -0.1) is 0 Å². The molecule has 6 nitrogen and oxygen atoms in total. The van der Waals surface area contributed by atoms with Crippen molar-refractivity contribution in [3.8, 4) is 5.75 Å². The molecule has 2 N–H and O–H groups in total. The second kappa shape index (κ2) is 14.8. The van der Waals surface area contributed by atoms with Gasteiger partial charge in [-0.1, -0.05) is 97.1 Å². The van der Waals surface area contributed by atoms with Crippen LogP contribution in [0.3, 0.4) is 0 Å². The predicted octanol–water partition coefficient (Wildman–Crippen LogP) is 7.57. The minimum absolute atomic E-state index is 0.0876. The van der Waals surface area contributed by atoms with Crippen LogP contribution in [-0.2, 0) is 11.4 Å². The Morgan fingerprint density at radius 2 is 1.23 bits per heavy atom. The van der Waals surface area contributed by atoms with E-state index >= 15 is 0 Å². The van der Waals surface area contributed by atoms with Crippen molar-refractivity contribution >= 4 is 35.4 Å². The lowest BCUT2D eigenvalue weighted by atomic mass is 10.1. The quantitative estimate of drug-likeness (QED) is 0.125. The van der Waals surface area contributed by atoms with Crippen molar-refractivity contribution in [3.05, 3.63) is 179 Å². The zero-order valence-corrected chi connectivity index (χ0v) is 23.9. The van der Waals surface area contributed by atoms with E-state index in [0.717, 1.165) is 22.4 Å². The van der Waals surface area contributed by atoms with Crippen molar-refractivity contribution in [2.45, 2.75) is 6.61 Å². The summed E-state index contributed by atoms with van der Waals surface area (Å²) in [6.45, 7) is 0.484. The van der Waals surface area contributed by atoms with Crippen LogP contribution in [0, 0.1) is 0 Å². The van der Waals surface area contributed by atoms with Gasteiger partial charge in [0.1, 0.15) is 18.1 Å². The monoisotopic (exact) mass is 578 g/mol. The van der Waals surface area contributed by atoms with Crippen LogP contribution in [0.5, 0.6) is 5.75 Å². The van der Waals surface area contributed by atoms with Gasteiger partial charge < -0.3 is 15.4 Å². The minimum Gasteiger partial charge on any atom is -0.489 e. The van der Waals surface area contributed by atoms with Crippen LogP contribution in [0.1, 0.15) is 37.4 Å². The lowest BCUT2D eigenvalue weighted by Gasteiger charge is -2.12. The Morgan fingerprint density at radius 3 is 1.89 bits per heavy atom. The van der Waals surface area contributed by atoms with Crippen molar-refractivity contribution < 1.29 is 19.1 Å². The minimum atomic E-state index is -0.492. The van der Waals surface area contributed by atoms with E-state index in [4.69, 9.17) is 4.74 Å². The summed E-state index contributed by atoms with van der Waals surface area (Å²) in [6, 6.07) is 42.0. The van der Waals surface area contributed by atoms with Gasteiger partial charge in [0.25, 0.3) is 11.8 Å². The van der Waals surface area contributed by atoms with Crippen molar-refractivity contribution in [2.24, 2.45) is 0 Å². The Hall–Kier alpha value is -6.01. The second-order valence-electron chi connectivity index (χ2n) is 9.86. The summed E-state index contributed by atoms with van der Waals surface area (Å²) in [4.78, 5) is 38.8. The fraction of sp³-hybridized carbons (Fsp3) is 0.0263. The number of nitrogens with one attached hydrogen (secondary N) is 2. The number of allylic oxidation sites excluding steroid dienone is 1. The molecule has 0 unspecified atom stereocenters. The molecular formula is C38H30N2O4. The zero-order chi connectivity index (χ0) is 30.6. The average Bonchev–Trinajstić information content (AvgIpc) is 3.08. The topological polar surface area (TPSA) is 84.5 Å². The molecule has 0 aromatic heterocycles. The molecule has 0 spiro atoms. The Kier molecular flexibility index (Phi) is 9.88. The number of hydrogen-bond donors (Lipinski definition) is 2. The highest BCUT2D eigenvalue weighted by atomic mass is 16.5. The molecule has 44 heavy (non-hydrogen) atoms. The van der Waals surface area contributed by atoms with Crippen molar-refractivity contribution in [1.82, 2.24) is 5.32 Å². The van der Waals surface area contributed by atoms with Crippen LogP contribution in [0.15, 0.2) is 151 Å². The van der Waals surface area contributed by atoms with E-state index in [0.29, 0.717) is 23.4 Å². The van der Waals surface area contributed by atoms with Crippen LogP contribution in [0.25, 0.3) is 12.2 Å². The summed E-state index contributed by atoms with van der Waals surface area (Å²) in [6.07, 6.45) is 4.86. The number of carbonyl (C=O) groups excluding carboxylic acids is 3. The molecule has 2 amide bonds. The van der Waals surface area contributed by atoms with Gasteiger partial charge in [-0.05, 0) is 77.4 Å². The van der Waals surface area contributed by atoms with E-state index in [9.17, 15) is 14.4 Å². The molecule has 0 aliphatic carbocycles. The highest BCUT2D eigenvalue weighted by molar-refractivity contribution is 6.11. The SMILES string of the molecule is O=C(Nc1ccc(C(=O)/C=C/c2ccc(OCc3ccccc3)cc2)cc1)/C(=C/c1ccccc1)NC(=O)c1ccccc1. The predicted molar refractivity (Wildman–Crippen MR) is 174 cm³/mol. The van der Waals surface area contributed by atoms with E-state index in [1.807, 2.05) is 91.0 Å². The average molecular weight is 579 g/mol. The molecule has 5 rings (SSSR count). The Balaban J connectivity index is 1.20. The fourth-order valence-electron chi connectivity index (χ4n) is 4.26. The molecular weight excluding hydrogens is 548 g/mol. The molecule has 0 heterocycles. The maximum atomic E-state index is 13.2. The number of benzene rings is 5. The molecule has 5 aromatic carbocycles. The highest BCUT2D eigenvalue weighted by Crippen LogP contribution is 2.17. The number of amides is 2.